The molecule has 82 valence electrons. The molecule has 0 spiro atoms. The lowest BCUT2D eigenvalue weighted by Crippen LogP contribution is -2.17. The Morgan fingerprint density at radius 3 is 3.06 bits per heavy atom. The van der Waals surface area contributed by atoms with Crippen LogP contribution in [-0.2, 0) is 11.3 Å². The molecular formula is C11H10BrN3O. The van der Waals surface area contributed by atoms with E-state index < -0.39 is 0 Å². The maximum Gasteiger partial charge on any atom is 0.244 e. The Hall–Kier alpha value is -1.62. The van der Waals surface area contributed by atoms with E-state index in [4.69, 9.17) is 0 Å². The molecular weight excluding hydrogens is 270 g/mol. The minimum absolute atomic E-state index is 0.0731. The maximum atomic E-state index is 11.6. The molecule has 2 aromatic rings. The second kappa shape index (κ2) is 4.94. The number of aromatic nitrogens is 2. The highest BCUT2D eigenvalue weighted by atomic mass is 79.9. The highest BCUT2D eigenvalue weighted by Crippen LogP contribution is 2.15. The van der Waals surface area contributed by atoms with E-state index >= 15 is 0 Å². The SMILES string of the molecule is O=C(Cn1ccnc1)Nc1cccc(Br)c1. The van der Waals surface area contributed by atoms with E-state index in [0.29, 0.717) is 0 Å². The van der Waals surface area contributed by atoms with Crippen molar-refractivity contribution in [2.45, 2.75) is 6.54 Å². The van der Waals surface area contributed by atoms with Crippen molar-refractivity contribution in [2.24, 2.45) is 0 Å². The number of benzene rings is 1. The molecule has 0 aliphatic heterocycles. The molecule has 0 bridgehead atoms. The van der Waals surface area contributed by atoms with Crippen molar-refractivity contribution >= 4 is 27.5 Å². The number of hydrogen-bond acceptors (Lipinski definition) is 2. The summed E-state index contributed by atoms with van der Waals surface area (Å²) in [6.45, 7) is 0.270. The molecule has 0 saturated carbocycles. The summed E-state index contributed by atoms with van der Waals surface area (Å²) in [5, 5.41) is 2.80. The largest absolute Gasteiger partial charge is 0.328 e. The third-order valence-corrected chi connectivity index (χ3v) is 2.49. The second-order valence-corrected chi connectivity index (χ2v) is 4.21. The first kappa shape index (κ1) is 10.9. The van der Waals surface area contributed by atoms with Crippen LogP contribution < -0.4 is 5.32 Å². The van der Waals surface area contributed by atoms with Gasteiger partial charge in [0.1, 0.15) is 6.54 Å². The maximum absolute atomic E-state index is 11.6. The van der Waals surface area contributed by atoms with Gasteiger partial charge >= 0.3 is 0 Å². The van der Waals surface area contributed by atoms with Gasteiger partial charge in [-0.25, -0.2) is 4.98 Å². The highest BCUT2D eigenvalue weighted by molar-refractivity contribution is 9.10. The van der Waals surface area contributed by atoms with E-state index in [2.05, 4.69) is 26.2 Å². The number of amides is 1. The molecule has 0 aliphatic carbocycles. The number of anilines is 1. The number of halogens is 1. The summed E-state index contributed by atoms with van der Waals surface area (Å²) in [6.07, 6.45) is 5.01. The number of nitrogens with zero attached hydrogens (tertiary/aromatic N) is 2. The van der Waals surface area contributed by atoms with Gasteiger partial charge in [0.2, 0.25) is 5.91 Å². The zero-order chi connectivity index (χ0) is 11.4. The Bertz CT molecular complexity index is 482. The van der Waals surface area contributed by atoms with Crippen molar-refractivity contribution in [3.8, 4) is 0 Å². The van der Waals surface area contributed by atoms with Crippen LogP contribution in [0.15, 0.2) is 47.5 Å². The second-order valence-electron chi connectivity index (χ2n) is 3.29. The van der Waals surface area contributed by atoms with E-state index in [1.54, 1.807) is 23.3 Å². The van der Waals surface area contributed by atoms with Gasteiger partial charge in [0, 0.05) is 22.6 Å². The van der Waals surface area contributed by atoms with Crippen LogP contribution in [0.4, 0.5) is 5.69 Å². The first-order chi connectivity index (χ1) is 7.74. The molecule has 2 rings (SSSR count). The molecule has 0 fully saturated rings. The molecule has 5 heteroatoms. The van der Waals surface area contributed by atoms with Gasteiger partial charge in [-0.05, 0) is 18.2 Å². The molecule has 1 aromatic carbocycles. The van der Waals surface area contributed by atoms with Crippen LogP contribution in [0.2, 0.25) is 0 Å². The van der Waals surface area contributed by atoms with Gasteiger partial charge in [0.25, 0.3) is 0 Å². The normalized spacial score (nSPS) is 10.1. The monoisotopic (exact) mass is 279 g/mol. The number of carbonyl (C=O) groups excluding carboxylic acids is 1. The number of carbonyl (C=O) groups is 1. The Labute approximate surface area is 101 Å². The minimum Gasteiger partial charge on any atom is -0.328 e. The molecule has 1 aromatic heterocycles. The fourth-order valence-electron chi connectivity index (χ4n) is 1.31. The Balaban J connectivity index is 1.97. The molecule has 4 nitrogen and oxygen atoms in total. The van der Waals surface area contributed by atoms with Gasteiger partial charge in [0.15, 0.2) is 0 Å². The van der Waals surface area contributed by atoms with Crippen molar-refractivity contribution in [3.05, 3.63) is 47.5 Å². The molecule has 0 atom stereocenters. The van der Waals surface area contributed by atoms with Gasteiger partial charge in [0.05, 0.1) is 6.33 Å². The summed E-state index contributed by atoms with van der Waals surface area (Å²) in [4.78, 5) is 15.5. The van der Waals surface area contributed by atoms with Crippen LogP contribution in [0.3, 0.4) is 0 Å². The van der Waals surface area contributed by atoms with E-state index in [0.717, 1.165) is 10.2 Å². The lowest BCUT2D eigenvalue weighted by Gasteiger charge is -2.05. The predicted octanol–water partition coefficient (Wildman–Crippen LogP) is 2.28. The summed E-state index contributed by atoms with van der Waals surface area (Å²) in [6, 6.07) is 7.48. The molecule has 0 aliphatic rings. The van der Waals surface area contributed by atoms with Gasteiger partial charge < -0.3 is 9.88 Å². The molecule has 0 unspecified atom stereocenters. The van der Waals surface area contributed by atoms with Crippen molar-refractivity contribution in [1.82, 2.24) is 9.55 Å². The van der Waals surface area contributed by atoms with Crippen molar-refractivity contribution in [2.75, 3.05) is 5.32 Å². The third-order valence-electron chi connectivity index (χ3n) is 1.99. The number of rotatable bonds is 3. The quantitative estimate of drug-likeness (QED) is 0.937. The van der Waals surface area contributed by atoms with Gasteiger partial charge in [-0.1, -0.05) is 22.0 Å². The average Bonchev–Trinajstić information content (AvgIpc) is 2.70. The molecule has 1 N–H and O–H groups in total. The highest BCUT2D eigenvalue weighted by Gasteiger charge is 2.02. The fourth-order valence-corrected chi connectivity index (χ4v) is 1.71. The standard InChI is InChI=1S/C11H10BrN3O/c12-9-2-1-3-10(6-9)14-11(16)7-15-5-4-13-8-15/h1-6,8H,7H2,(H,14,16). The molecule has 1 amide bonds. The van der Waals surface area contributed by atoms with Crippen molar-refractivity contribution in [3.63, 3.8) is 0 Å². The molecule has 16 heavy (non-hydrogen) atoms. The molecule has 0 saturated heterocycles. The Morgan fingerprint density at radius 2 is 2.38 bits per heavy atom. The fraction of sp³-hybridized carbons (Fsp3) is 0.0909. The summed E-state index contributed by atoms with van der Waals surface area (Å²) in [5.41, 5.74) is 0.777. The van der Waals surface area contributed by atoms with E-state index in [1.165, 1.54) is 0 Å². The Morgan fingerprint density at radius 1 is 1.50 bits per heavy atom. The first-order valence-corrected chi connectivity index (χ1v) is 5.54. The molecule has 0 radical (unpaired) electrons. The van der Waals surface area contributed by atoms with E-state index in [9.17, 15) is 4.79 Å². The van der Waals surface area contributed by atoms with Crippen LogP contribution in [0.25, 0.3) is 0 Å². The lowest BCUT2D eigenvalue weighted by atomic mass is 10.3. The van der Waals surface area contributed by atoms with Crippen LogP contribution >= 0.6 is 15.9 Å². The van der Waals surface area contributed by atoms with Crippen molar-refractivity contribution in [1.29, 1.82) is 0 Å². The Kier molecular flexibility index (Phi) is 3.36. The van der Waals surface area contributed by atoms with Crippen LogP contribution in [0.5, 0.6) is 0 Å². The van der Waals surface area contributed by atoms with Crippen molar-refractivity contribution < 1.29 is 4.79 Å². The lowest BCUT2D eigenvalue weighted by molar-refractivity contribution is -0.116. The van der Waals surface area contributed by atoms with E-state index in [-0.39, 0.29) is 12.5 Å². The van der Waals surface area contributed by atoms with Gasteiger partial charge in [-0.3, -0.25) is 4.79 Å². The zero-order valence-corrected chi connectivity index (χ0v) is 10.0. The first-order valence-electron chi connectivity index (χ1n) is 4.75. The van der Waals surface area contributed by atoms with Crippen LogP contribution in [0.1, 0.15) is 0 Å². The number of nitrogens with one attached hydrogen (secondary N) is 1. The smallest absolute Gasteiger partial charge is 0.244 e. The van der Waals surface area contributed by atoms with Crippen LogP contribution in [-0.4, -0.2) is 15.5 Å². The molecule has 1 heterocycles. The summed E-state index contributed by atoms with van der Waals surface area (Å²) < 4.78 is 2.65. The average molecular weight is 280 g/mol. The minimum atomic E-state index is -0.0731. The summed E-state index contributed by atoms with van der Waals surface area (Å²) in [5.74, 6) is -0.0731. The zero-order valence-electron chi connectivity index (χ0n) is 8.43. The summed E-state index contributed by atoms with van der Waals surface area (Å²) in [7, 11) is 0. The topological polar surface area (TPSA) is 46.9 Å². The van der Waals surface area contributed by atoms with Gasteiger partial charge in [-0.15, -0.1) is 0 Å². The predicted molar refractivity (Wildman–Crippen MR) is 65.0 cm³/mol. The summed E-state index contributed by atoms with van der Waals surface area (Å²) >= 11 is 3.35. The number of hydrogen-bond donors (Lipinski definition) is 1. The number of imidazole rings is 1. The van der Waals surface area contributed by atoms with Crippen LogP contribution in [0, 0.1) is 0 Å². The third kappa shape index (κ3) is 2.93. The van der Waals surface area contributed by atoms with E-state index in [1.807, 2.05) is 24.3 Å². The van der Waals surface area contributed by atoms with Gasteiger partial charge in [-0.2, -0.15) is 0 Å².